The largest absolute Gasteiger partial charge is 0.0622 e. The molecule has 0 bridgehead atoms. The minimum Gasteiger partial charge on any atom is -0.0622 e. The SMILES string of the molecule is c1ccc(-c2ccc(-c3c4ccccc4c(-c4ccc5ccc6ccccc6c5c4)c4c3ccc3ccccc34)cc2)cc1. The number of rotatable bonds is 3. The van der Waals surface area contributed by atoms with Gasteiger partial charge in [-0.05, 0) is 93.3 Å². The first-order chi connectivity index (χ1) is 21.8. The predicted octanol–water partition coefficient (Wildman–Crippen LogP) is 12.5. The molecule has 0 heterocycles. The highest BCUT2D eigenvalue weighted by Crippen LogP contribution is 2.47. The summed E-state index contributed by atoms with van der Waals surface area (Å²) in [5.74, 6) is 0. The molecule has 0 amide bonds. The molecule has 0 atom stereocenters. The molecule has 0 heteroatoms. The van der Waals surface area contributed by atoms with E-state index in [0.717, 1.165) is 0 Å². The first kappa shape index (κ1) is 24.8. The lowest BCUT2D eigenvalue weighted by Gasteiger charge is -2.20. The lowest BCUT2D eigenvalue weighted by Crippen LogP contribution is -1.92. The van der Waals surface area contributed by atoms with Gasteiger partial charge in [0.2, 0.25) is 0 Å². The minimum absolute atomic E-state index is 1.23. The maximum atomic E-state index is 2.41. The first-order valence-corrected chi connectivity index (χ1v) is 15.3. The van der Waals surface area contributed by atoms with Gasteiger partial charge in [0.05, 0.1) is 0 Å². The summed E-state index contributed by atoms with van der Waals surface area (Å²) in [6.07, 6.45) is 0. The van der Waals surface area contributed by atoms with Crippen molar-refractivity contribution in [3.8, 4) is 33.4 Å². The van der Waals surface area contributed by atoms with E-state index in [0.29, 0.717) is 0 Å². The predicted molar refractivity (Wildman–Crippen MR) is 190 cm³/mol. The van der Waals surface area contributed by atoms with Gasteiger partial charge in [-0.3, -0.25) is 0 Å². The van der Waals surface area contributed by atoms with Gasteiger partial charge in [-0.1, -0.05) is 164 Å². The highest BCUT2D eigenvalue weighted by molar-refractivity contribution is 6.28. The van der Waals surface area contributed by atoms with Crippen LogP contribution in [0.15, 0.2) is 170 Å². The molecule has 0 unspecified atom stereocenters. The van der Waals surface area contributed by atoms with Gasteiger partial charge in [0.1, 0.15) is 0 Å². The summed E-state index contributed by atoms with van der Waals surface area (Å²) in [6.45, 7) is 0. The molecule has 0 spiro atoms. The fourth-order valence-electron chi connectivity index (χ4n) is 7.18. The highest BCUT2D eigenvalue weighted by atomic mass is 14.2. The van der Waals surface area contributed by atoms with Crippen molar-refractivity contribution in [3.63, 3.8) is 0 Å². The first-order valence-electron chi connectivity index (χ1n) is 15.3. The smallest absolute Gasteiger partial charge is 0.00141 e. The van der Waals surface area contributed by atoms with Crippen molar-refractivity contribution in [1.82, 2.24) is 0 Å². The second kappa shape index (κ2) is 9.93. The zero-order valence-corrected chi connectivity index (χ0v) is 24.2. The fraction of sp³-hybridized carbons (Fsp3) is 0. The van der Waals surface area contributed by atoms with E-state index in [1.807, 2.05) is 0 Å². The average molecular weight is 557 g/mol. The van der Waals surface area contributed by atoms with Crippen molar-refractivity contribution in [3.05, 3.63) is 170 Å². The van der Waals surface area contributed by atoms with Crippen LogP contribution in [0.4, 0.5) is 0 Å². The molecule has 0 saturated carbocycles. The van der Waals surface area contributed by atoms with Gasteiger partial charge in [0, 0.05) is 0 Å². The summed E-state index contributed by atoms with van der Waals surface area (Å²) in [4.78, 5) is 0. The molecule has 0 aliphatic carbocycles. The summed E-state index contributed by atoms with van der Waals surface area (Å²) in [5.41, 5.74) is 7.53. The zero-order chi connectivity index (χ0) is 29.0. The van der Waals surface area contributed by atoms with E-state index in [-0.39, 0.29) is 0 Å². The molecule has 0 radical (unpaired) electrons. The normalized spacial score (nSPS) is 11.6. The fourth-order valence-corrected chi connectivity index (χ4v) is 7.18. The van der Waals surface area contributed by atoms with Crippen LogP contribution in [0.1, 0.15) is 0 Å². The Hall–Kier alpha value is -5.72. The molecule has 0 aliphatic heterocycles. The molecule has 9 aromatic rings. The summed E-state index contributed by atoms with van der Waals surface area (Å²) in [6, 6.07) is 62.3. The number of fused-ring (bicyclic) bond motifs is 7. The molecular formula is C44H28. The molecule has 0 fully saturated rings. The second-order valence-corrected chi connectivity index (χ2v) is 11.7. The maximum absolute atomic E-state index is 2.41. The van der Waals surface area contributed by atoms with E-state index in [1.54, 1.807) is 0 Å². The van der Waals surface area contributed by atoms with Crippen molar-refractivity contribution >= 4 is 53.9 Å². The van der Waals surface area contributed by atoms with Gasteiger partial charge >= 0.3 is 0 Å². The molecule has 9 rings (SSSR count). The van der Waals surface area contributed by atoms with Crippen molar-refractivity contribution in [1.29, 1.82) is 0 Å². The quantitative estimate of drug-likeness (QED) is 0.150. The van der Waals surface area contributed by atoms with Gasteiger partial charge < -0.3 is 0 Å². The van der Waals surface area contributed by atoms with Gasteiger partial charge in [0.15, 0.2) is 0 Å². The Morgan fingerprint density at radius 2 is 0.705 bits per heavy atom. The number of benzene rings is 9. The van der Waals surface area contributed by atoms with E-state index in [1.165, 1.54) is 87.2 Å². The van der Waals surface area contributed by atoms with Crippen molar-refractivity contribution in [2.45, 2.75) is 0 Å². The lowest BCUT2D eigenvalue weighted by molar-refractivity contribution is 1.61. The Morgan fingerprint density at radius 1 is 0.227 bits per heavy atom. The summed E-state index contributed by atoms with van der Waals surface area (Å²) in [5, 5.41) is 12.8. The molecular weight excluding hydrogens is 528 g/mol. The third kappa shape index (κ3) is 3.85. The van der Waals surface area contributed by atoms with Gasteiger partial charge in [0.25, 0.3) is 0 Å². The van der Waals surface area contributed by atoms with E-state index in [2.05, 4.69) is 170 Å². The maximum Gasteiger partial charge on any atom is -0.00141 e. The van der Waals surface area contributed by atoms with Gasteiger partial charge in [-0.15, -0.1) is 0 Å². The molecule has 44 heavy (non-hydrogen) atoms. The third-order valence-corrected chi connectivity index (χ3v) is 9.23. The molecule has 204 valence electrons. The Bertz CT molecular complexity index is 2520. The van der Waals surface area contributed by atoms with E-state index in [4.69, 9.17) is 0 Å². The summed E-state index contributed by atoms with van der Waals surface area (Å²) < 4.78 is 0. The molecule has 0 nitrogen and oxygen atoms in total. The van der Waals surface area contributed by atoms with Crippen molar-refractivity contribution in [2.24, 2.45) is 0 Å². The summed E-state index contributed by atoms with van der Waals surface area (Å²) in [7, 11) is 0. The second-order valence-electron chi connectivity index (χ2n) is 11.7. The van der Waals surface area contributed by atoms with Crippen LogP contribution in [0.5, 0.6) is 0 Å². The van der Waals surface area contributed by atoms with E-state index in [9.17, 15) is 0 Å². The number of hydrogen-bond acceptors (Lipinski definition) is 0. The van der Waals surface area contributed by atoms with Crippen LogP contribution in [0.3, 0.4) is 0 Å². The minimum atomic E-state index is 1.23. The molecule has 9 aromatic carbocycles. The Labute approximate surface area is 256 Å². The molecule has 0 aromatic heterocycles. The van der Waals surface area contributed by atoms with Crippen LogP contribution < -0.4 is 0 Å². The van der Waals surface area contributed by atoms with Gasteiger partial charge in [-0.25, -0.2) is 0 Å². The summed E-state index contributed by atoms with van der Waals surface area (Å²) >= 11 is 0. The van der Waals surface area contributed by atoms with Crippen molar-refractivity contribution < 1.29 is 0 Å². The van der Waals surface area contributed by atoms with E-state index < -0.39 is 0 Å². The molecule has 0 saturated heterocycles. The van der Waals surface area contributed by atoms with Crippen molar-refractivity contribution in [2.75, 3.05) is 0 Å². The average Bonchev–Trinajstić information content (AvgIpc) is 3.10. The van der Waals surface area contributed by atoms with Crippen LogP contribution in [-0.4, -0.2) is 0 Å². The molecule has 0 aliphatic rings. The topological polar surface area (TPSA) is 0 Å². The van der Waals surface area contributed by atoms with Crippen LogP contribution in [0.25, 0.3) is 87.2 Å². The van der Waals surface area contributed by atoms with Crippen LogP contribution in [0.2, 0.25) is 0 Å². The van der Waals surface area contributed by atoms with Gasteiger partial charge in [-0.2, -0.15) is 0 Å². The van der Waals surface area contributed by atoms with E-state index >= 15 is 0 Å². The lowest BCUT2D eigenvalue weighted by atomic mass is 9.83. The zero-order valence-electron chi connectivity index (χ0n) is 24.2. The number of hydrogen-bond donors (Lipinski definition) is 0. The molecule has 0 N–H and O–H groups in total. The Morgan fingerprint density at radius 3 is 1.45 bits per heavy atom. The highest BCUT2D eigenvalue weighted by Gasteiger charge is 2.19. The van der Waals surface area contributed by atoms with Crippen LogP contribution in [-0.2, 0) is 0 Å². The van der Waals surface area contributed by atoms with Crippen LogP contribution >= 0.6 is 0 Å². The Balaban J connectivity index is 1.39. The van der Waals surface area contributed by atoms with Crippen LogP contribution in [0, 0.1) is 0 Å². The monoisotopic (exact) mass is 556 g/mol. The standard InChI is InChI=1S/C44H28/c1-2-10-29(11-3-1)30-18-23-34(24-19-30)42-38-16-8-9-17-39(38)43(44-37-15-7-5-13-32(37)26-27-40(42)44)35-25-22-33-21-20-31-12-4-6-14-36(31)41(33)28-35/h1-28H. The third-order valence-electron chi connectivity index (χ3n) is 9.23. The Kier molecular flexibility index (Phi) is 5.61.